The zero-order chi connectivity index (χ0) is 14.3. The molecule has 0 aliphatic carbocycles. The summed E-state index contributed by atoms with van der Waals surface area (Å²) in [5.74, 6) is 0.690. The van der Waals surface area contributed by atoms with Crippen molar-refractivity contribution in [2.75, 3.05) is 13.2 Å². The summed E-state index contributed by atoms with van der Waals surface area (Å²) >= 11 is 0. The summed E-state index contributed by atoms with van der Waals surface area (Å²) in [6.07, 6.45) is 1.02. The van der Waals surface area contributed by atoms with Crippen LogP contribution in [0.15, 0.2) is 18.2 Å². The van der Waals surface area contributed by atoms with Crippen LogP contribution in [0.2, 0.25) is 0 Å². The third kappa shape index (κ3) is 5.30. The van der Waals surface area contributed by atoms with E-state index in [1.165, 1.54) is 11.1 Å². The lowest BCUT2D eigenvalue weighted by Gasteiger charge is -2.14. The molecule has 0 saturated heterocycles. The number of aryl methyl sites for hydroxylation is 2. The minimum absolute atomic E-state index is 0.0275. The molecule has 0 bridgehead atoms. The Balaban J connectivity index is 2.33. The molecule has 0 unspecified atom stereocenters. The zero-order valence-corrected chi connectivity index (χ0v) is 11.9. The van der Waals surface area contributed by atoms with Gasteiger partial charge in [-0.05, 0) is 43.5 Å². The molecule has 0 aliphatic heterocycles. The topological polar surface area (TPSA) is 58.6 Å². The van der Waals surface area contributed by atoms with Crippen LogP contribution in [0, 0.1) is 13.8 Å². The second-order valence-electron chi connectivity index (χ2n) is 4.70. The van der Waals surface area contributed by atoms with Crippen molar-refractivity contribution >= 4 is 5.91 Å². The Labute approximate surface area is 114 Å². The lowest BCUT2D eigenvalue weighted by atomic mass is 10.1. The van der Waals surface area contributed by atoms with Crippen molar-refractivity contribution in [2.45, 2.75) is 39.7 Å². The van der Waals surface area contributed by atoms with Crippen molar-refractivity contribution < 1.29 is 14.6 Å². The third-order valence-electron chi connectivity index (χ3n) is 3.15. The number of aliphatic hydroxyl groups excluding tert-OH is 1. The molecule has 1 rings (SSSR count). The Bertz CT molecular complexity index is 414. The number of ether oxygens (including phenoxy) is 1. The monoisotopic (exact) mass is 265 g/mol. The molecule has 19 heavy (non-hydrogen) atoms. The third-order valence-corrected chi connectivity index (χ3v) is 3.15. The second-order valence-corrected chi connectivity index (χ2v) is 4.70. The van der Waals surface area contributed by atoms with Gasteiger partial charge < -0.3 is 15.2 Å². The average Bonchev–Trinajstić information content (AvgIpc) is 2.40. The van der Waals surface area contributed by atoms with Crippen molar-refractivity contribution in [3.63, 3.8) is 0 Å². The van der Waals surface area contributed by atoms with E-state index in [0.29, 0.717) is 13.0 Å². The molecule has 4 heteroatoms. The fourth-order valence-corrected chi connectivity index (χ4v) is 1.64. The summed E-state index contributed by atoms with van der Waals surface area (Å²) in [5, 5.41) is 11.7. The maximum atomic E-state index is 11.6. The quantitative estimate of drug-likeness (QED) is 0.792. The van der Waals surface area contributed by atoms with Gasteiger partial charge in [-0.3, -0.25) is 4.79 Å². The highest BCUT2D eigenvalue weighted by Gasteiger charge is 2.09. The van der Waals surface area contributed by atoms with Gasteiger partial charge in [-0.2, -0.15) is 0 Å². The lowest BCUT2D eigenvalue weighted by molar-refractivity contribution is -0.122. The van der Waals surface area contributed by atoms with Gasteiger partial charge in [0, 0.05) is 0 Å². The summed E-state index contributed by atoms with van der Waals surface area (Å²) in [6.45, 7) is 6.32. The molecule has 4 nitrogen and oxygen atoms in total. The molecular formula is C15H23NO3. The first kappa shape index (κ1) is 15.5. The van der Waals surface area contributed by atoms with E-state index in [1.54, 1.807) is 0 Å². The van der Waals surface area contributed by atoms with E-state index in [9.17, 15) is 4.79 Å². The van der Waals surface area contributed by atoms with Crippen LogP contribution in [0.4, 0.5) is 0 Å². The molecule has 0 aromatic heterocycles. The van der Waals surface area contributed by atoms with E-state index >= 15 is 0 Å². The lowest BCUT2D eigenvalue weighted by Crippen LogP contribution is -2.37. The maximum Gasteiger partial charge on any atom is 0.223 e. The summed E-state index contributed by atoms with van der Waals surface area (Å²) in [5.41, 5.74) is 2.40. The molecule has 1 atom stereocenters. The van der Waals surface area contributed by atoms with Gasteiger partial charge in [0.2, 0.25) is 5.91 Å². The fraction of sp³-hybridized carbons (Fsp3) is 0.533. The largest absolute Gasteiger partial charge is 0.493 e. The average molecular weight is 265 g/mol. The molecule has 0 aliphatic rings. The normalized spacial score (nSPS) is 12.0. The predicted molar refractivity (Wildman–Crippen MR) is 75.3 cm³/mol. The maximum absolute atomic E-state index is 11.6. The highest BCUT2D eigenvalue weighted by Crippen LogP contribution is 2.16. The first-order valence-electron chi connectivity index (χ1n) is 6.67. The van der Waals surface area contributed by atoms with Crippen molar-refractivity contribution in [3.05, 3.63) is 29.3 Å². The van der Waals surface area contributed by atoms with E-state index < -0.39 is 0 Å². The second kappa shape index (κ2) is 7.79. The SMILES string of the molecule is CC[C@H](CO)NC(=O)CCOc1ccc(C)c(C)c1. The number of rotatable bonds is 7. The van der Waals surface area contributed by atoms with Gasteiger partial charge in [-0.1, -0.05) is 13.0 Å². The summed E-state index contributed by atoms with van der Waals surface area (Å²) in [4.78, 5) is 11.6. The van der Waals surface area contributed by atoms with Crippen molar-refractivity contribution in [1.29, 1.82) is 0 Å². The van der Waals surface area contributed by atoms with Crippen molar-refractivity contribution in [1.82, 2.24) is 5.32 Å². The minimum Gasteiger partial charge on any atom is -0.493 e. The molecule has 2 N–H and O–H groups in total. The molecule has 0 fully saturated rings. The van der Waals surface area contributed by atoms with Crippen LogP contribution in [-0.4, -0.2) is 30.3 Å². The molecule has 0 saturated carbocycles. The number of carbonyl (C=O) groups is 1. The zero-order valence-electron chi connectivity index (χ0n) is 11.9. The van der Waals surface area contributed by atoms with Gasteiger partial charge >= 0.3 is 0 Å². The Hall–Kier alpha value is -1.55. The van der Waals surface area contributed by atoms with Gasteiger partial charge in [0.25, 0.3) is 0 Å². The number of benzene rings is 1. The molecule has 1 aromatic carbocycles. The Morgan fingerprint density at radius 2 is 2.11 bits per heavy atom. The van der Waals surface area contributed by atoms with E-state index in [4.69, 9.17) is 9.84 Å². The van der Waals surface area contributed by atoms with Gasteiger partial charge in [0.05, 0.1) is 25.7 Å². The number of hydrogen-bond donors (Lipinski definition) is 2. The fourth-order valence-electron chi connectivity index (χ4n) is 1.64. The van der Waals surface area contributed by atoms with E-state index in [1.807, 2.05) is 39.0 Å². The van der Waals surface area contributed by atoms with Crippen LogP contribution in [0.3, 0.4) is 0 Å². The first-order valence-corrected chi connectivity index (χ1v) is 6.67. The molecule has 106 valence electrons. The molecular weight excluding hydrogens is 242 g/mol. The Morgan fingerprint density at radius 3 is 2.68 bits per heavy atom. The molecule has 1 amide bonds. The molecule has 0 radical (unpaired) electrons. The molecule has 0 spiro atoms. The van der Waals surface area contributed by atoms with E-state index in [2.05, 4.69) is 5.32 Å². The standard InChI is InChI=1S/C15H23NO3/c1-4-13(10-17)16-15(18)7-8-19-14-6-5-11(2)12(3)9-14/h5-6,9,13,17H,4,7-8,10H2,1-3H3,(H,16,18)/t13-/m1/s1. The Kier molecular flexibility index (Phi) is 6.36. The summed E-state index contributed by atoms with van der Waals surface area (Å²) in [7, 11) is 0. The smallest absolute Gasteiger partial charge is 0.223 e. The number of hydrogen-bond acceptors (Lipinski definition) is 3. The minimum atomic E-state index is -0.158. The van der Waals surface area contributed by atoms with Crippen LogP contribution < -0.4 is 10.1 Å². The van der Waals surface area contributed by atoms with E-state index in [-0.39, 0.29) is 18.6 Å². The van der Waals surface area contributed by atoms with Crippen molar-refractivity contribution in [2.24, 2.45) is 0 Å². The summed E-state index contributed by atoms with van der Waals surface area (Å²) in [6, 6.07) is 5.72. The first-order chi connectivity index (χ1) is 9.06. The number of nitrogens with one attached hydrogen (secondary N) is 1. The molecule has 1 aromatic rings. The van der Waals surface area contributed by atoms with E-state index in [0.717, 1.165) is 12.2 Å². The highest BCUT2D eigenvalue weighted by molar-refractivity contribution is 5.76. The van der Waals surface area contributed by atoms with Crippen LogP contribution in [0.1, 0.15) is 30.9 Å². The van der Waals surface area contributed by atoms with Crippen LogP contribution >= 0.6 is 0 Å². The number of amides is 1. The Morgan fingerprint density at radius 1 is 1.37 bits per heavy atom. The van der Waals surface area contributed by atoms with Gasteiger partial charge in [-0.15, -0.1) is 0 Å². The van der Waals surface area contributed by atoms with Gasteiger partial charge in [0.15, 0.2) is 0 Å². The van der Waals surface area contributed by atoms with Gasteiger partial charge in [0.1, 0.15) is 5.75 Å². The van der Waals surface area contributed by atoms with Gasteiger partial charge in [-0.25, -0.2) is 0 Å². The number of carbonyl (C=O) groups excluding carboxylic acids is 1. The summed E-state index contributed by atoms with van der Waals surface area (Å²) < 4.78 is 5.54. The molecule has 0 heterocycles. The highest BCUT2D eigenvalue weighted by atomic mass is 16.5. The van der Waals surface area contributed by atoms with Crippen molar-refractivity contribution in [3.8, 4) is 5.75 Å². The van der Waals surface area contributed by atoms with Crippen LogP contribution in [-0.2, 0) is 4.79 Å². The van der Waals surface area contributed by atoms with Crippen LogP contribution in [0.5, 0.6) is 5.75 Å². The predicted octanol–water partition coefficient (Wildman–Crippen LogP) is 1.96. The number of aliphatic hydroxyl groups is 1. The van der Waals surface area contributed by atoms with Crippen LogP contribution in [0.25, 0.3) is 0 Å².